The first-order valence-corrected chi connectivity index (χ1v) is 7.98. The second-order valence-corrected chi connectivity index (χ2v) is 6.17. The summed E-state index contributed by atoms with van der Waals surface area (Å²) in [7, 11) is 0. The van der Waals surface area contributed by atoms with Gasteiger partial charge in [-0.3, -0.25) is 9.59 Å². The number of nitrogens with one attached hydrogen (secondary N) is 2. The van der Waals surface area contributed by atoms with E-state index in [9.17, 15) is 9.59 Å². The Hall–Kier alpha value is -1.06. The zero-order valence-electron chi connectivity index (χ0n) is 13.6. The van der Waals surface area contributed by atoms with E-state index in [1.54, 1.807) is 0 Å². The standard InChI is InChI=1S/C16H32N2O2/c1-13(2)10-11-15(19)17-12-8-6-5-7-9-16(20)18-14(3)4/h13-14H,5-12H2,1-4H3,(H,17,19)(H,18,20). The smallest absolute Gasteiger partial charge is 0.220 e. The molecule has 4 nitrogen and oxygen atoms in total. The molecule has 0 unspecified atom stereocenters. The lowest BCUT2D eigenvalue weighted by atomic mass is 10.1. The minimum atomic E-state index is 0.141. The summed E-state index contributed by atoms with van der Waals surface area (Å²) in [4.78, 5) is 22.9. The van der Waals surface area contributed by atoms with Gasteiger partial charge in [-0.25, -0.2) is 0 Å². The quantitative estimate of drug-likeness (QED) is 0.573. The van der Waals surface area contributed by atoms with Crippen molar-refractivity contribution >= 4 is 11.8 Å². The van der Waals surface area contributed by atoms with Crippen LogP contribution in [-0.4, -0.2) is 24.4 Å². The van der Waals surface area contributed by atoms with Gasteiger partial charge in [0, 0.05) is 25.4 Å². The van der Waals surface area contributed by atoms with Crippen molar-refractivity contribution in [2.24, 2.45) is 5.92 Å². The number of unbranched alkanes of at least 4 members (excludes halogenated alkanes) is 3. The number of hydrogen-bond donors (Lipinski definition) is 2. The molecule has 0 aromatic rings. The summed E-state index contributed by atoms with van der Waals surface area (Å²) in [6.07, 6.45) is 6.24. The van der Waals surface area contributed by atoms with E-state index in [4.69, 9.17) is 0 Å². The Morgan fingerprint density at radius 1 is 0.850 bits per heavy atom. The molecule has 0 bridgehead atoms. The van der Waals surface area contributed by atoms with Crippen molar-refractivity contribution in [2.45, 2.75) is 78.7 Å². The minimum absolute atomic E-state index is 0.141. The average molecular weight is 284 g/mol. The second kappa shape index (κ2) is 11.7. The largest absolute Gasteiger partial charge is 0.356 e. The predicted molar refractivity (Wildman–Crippen MR) is 83.4 cm³/mol. The number of carbonyl (C=O) groups is 2. The maximum Gasteiger partial charge on any atom is 0.220 e. The van der Waals surface area contributed by atoms with Gasteiger partial charge in [-0.05, 0) is 39.0 Å². The molecule has 0 aromatic heterocycles. The van der Waals surface area contributed by atoms with Crippen LogP contribution in [0.25, 0.3) is 0 Å². The van der Waals surface area contributed by atoms with Crippen molar-refractivity contribution < 1.29 is 9.59 Å². The highest BCUT2D eigenvalue weighted by atomic mass is 16.2. The summed E-state index contributed by atoms with van der Waals surface area (Å²) in [5.74, 6) is 0.884. The molecule has 0 fully saturated rings. The molecule has 2 N–H and O–H groups in total. The zero-order chi connectivity index (χ0) is 15.4. The molecule has 0 saturated heterocycles. The third-order valence-corrected chi connectivity index (χ3v) is 3.05. The zero-order valence-corrected chi connectivity index (χ0v) is 13.6. The van der Waals surface area contributed by atoms with Crippen LogP contribution in [0.1, 0.15) is 72.6 Å². The van der Waals surface area contributed by atoms with Gasteiger partial charge in [0.15, 0.2) is 0 Å². The normalized spacial score (nSPS) is 10.9. The van der Waals surface area contributed by atoms with Gasteiger partial charge >= 0.3 is 0 Å². The van der Waals surface area contributed by atoms with Gasteiger partial charge in [-0.2, -0.15) is 0 Å². The highest BCUT2D eigenvalue weighted by molar-refractivity contribution is 5.76. The van der Waals surface area contributed by atoms with Gasteiger partial charge in [0.05, 0.1) is 0 Å². The van der Waals surface area contributed by atoms with Gasteiger partial charge in [0.25, 0.3) is 0 Å². The van der Waals surface area contributed by atoms with Crippen LogP contribution in [0.15, 0.2) is 0 Å². The molecule has 0 aliphatic heterocycles. The lowest BCUT2D eigenvalue weighted by Crippen LogP contribution is -2.29. The van der Waals surface area contributed by atoms with E-state index in [1.807, 2.05) is 13.8 Å². The van der Waals surface area contributed by atoms with Gasteiger partial charge in [-0.15, -0.1) is 0 Å². The van der Waals surface area contributed by atoms with Gasteiger partial charge in [0.2, 0.25) is 11.8 Å². The maximum atomic E-state index is 11.5. The van der Waals surface area contributed by atoms with Crippen molar-refractivity contribution in [1.82, 2.24) is 10.6 Å². The lowest BCUT2D eigenvalue weighted by molar-refractivity contribution is -0.122. The van der Waals surface area contributed by atoms with Gasteiger partial charge < -0.3 is 10.6 Å². The fourth-order valence-electron chi connectivity index (χ4n) is 1.89. The number of hydrogen-bond acceptors (Lipinski definition) is 2. The van der Waals surface area contributed by atoms with Gasteiger partial charge in [-0.1, -0.05) is 26.7 Å². The van der Waals surface area contributed by atoms with Crippen molar-refractivity contribution in [3.63, 3.8) is 0 Å². The van der Waals surface area contributed by atoms with Crippen LogP contribution in [0.2, 0.25) is 0 Å². The van der Waals surface area contributed by atoms with Crippen LogP contribution in [0.4, 0.5) is 0 Å². The molecule has 20 heavy (non-hydrogen) atoms. The van der Waals surface area contributed by atoms with Crippen molar-refractivity contribution in [3.05, 3.63) is 0 Å². The van der Waals surface area contributed by atoms with E-state index >= 15 is 0 Å². The van der Waals surface area contributed by atoms with E-state index in [1.165, 1.54) is 0 Å². The topological polar surface area (TPSA) is 58.2 Å². The Bertz CT molecular complexity index is 276. The monoisotopic (exact) mass is 284 g/mol. The summed E-state index contributed by atoms with van der Waals surface area (Å²) in [6, 6.07) is 0.226. The molecule has 0 atom stereocenters. The SMILES string of the molecule is CC(C)CCC(=O)NCCCCCCC(=O)NC(C)C. The summed E-state index contributed by atoms with van der Waals surface area (Å²) in [5, 5.41) is 5.83. The fourth-order valence-corrected chi connectivity index (χ4v) is 1.89. The molecule has 0 radical (unpaired) electrons. The Balaban J connectivity index is 3.32. The Morgan fingerprint density at radius 3 is 2.10 bits per heavy atom. The van der Waals surface area contributed by atoms with Crippen LogP contribution < -0.4 is 10.6 Å². The highest BCUT2D eigenvalue weighted by Crippen LogP contribution is 2.04. The van der Waals surface area contributed by atoms with Crippen LogP contribution in [0.5, 0.6) is 0 Å². The second-order valence-electron chi connectivity index (χ2n) is 6.17. The molecular formula is C16H32N2O2. The Morgan fingerprint density at radius 2 is 1.50 bits per heavy atom. The number of rotatable bonds is 11. The molecule has 0 aliphatic carbocycles. The lowest BCUT2D eigenvalue weighted by Gasteiger charge is -2.08. The summed E-state index contributed by atoms with van der Waals surface area (Å²) < 4.78 is 0. The Kier molecular flexibility index (Phi) is 11.1. The first-order chi connectivity index (χ1) is 9.41. The molecular weight excluding hydrogens is 252 g/mol. The third-order valence-electron chi connectivity index (χ3n) is 3.05. The van der Waals surface area contributed by atoms with Crippen LogP contribution in [0.3, 0.4) is 0 Å². The van der Waals surface area contributed by atoms with Crippen LogP contribution in [0, 0.1) is 5.92 Å². The predicted octanol–water partition coefficient (Wildman–Crippen LogP) is 3.01. The van der Waals surface area contributed by atoms with Gasteiger partial charge in [0.1, 0.15) is 0 Å². The first-order valence-electron chi connectivity index (χ1n) is 7.98. The fraction of sp³-hybridized carbons (Fsp3) is 0.875. The molecule has 0 heterocycles. The van der Waals surface area contributed by atoms with Crippen molar-refractivity contribution in [3.8, 4) is 0 Å². The van der Waals surface area contributed by atoms with E-state index in [0.29, 0.717) is 18.8 Å². The number of amides is 2. The summed E-state index contributed by atoms with van der Waals surface area (Å²) in [6.45, 7) is 8.96. The van der Waals surface area contributed by atoms with E-state index in [2.05, 4.69) is 24.5 Å². The van der Waals surface area contributed by atoms with Crippen LogP contribution >= 0.6 is 0 Å². The third kappa shape index (κ3) is 13.4. The first kappa shape index (κ1) is 18.9. The van der Waals surface area contributed by atoms with E-state index in [-0.39, 0.29) is 17.9 Å². The summed E-state index contributed by atoms with van der Waals surface area (Å²) >= 11 is 0. The van der Waals surface area contributed by atoms with Crippen molar-refractivity contribution in [1.29, 1.82) is 0 Å². The molecule has 4 heteroatoms. The molecule has 118 valence electrons. The molecule has 0 rings (SSSR count). The highest BCUT2D eigenvalue weighted by Gasteiger charge is 2.03. The molecule has 2 amide bonds. The maximum absolute atomic E-state index is 11.5. The van der Waals surface area contributed by atoms with Crippen molar-refractivity contribution in [2.75, 3.05) is 6.54 Å². The average Bonchev–Trinajstić information content (AvgIpc) is 2.34. The van der Waals surface area contributed by atoms with Crippen LogP contribution in [-0.2, 0) is 9.59 Å². The molecule has 0 spiro atoms. The number of carbonyl (C=O) groups excluding carboxylic acids is 2. The molecule has 0 aliphatic rings. The Labute approximate surface area is 124 Å². The molecule has 0 aromatic carbocycles. The van der Waals surface area contributed by atoms with E-state index in [0.717, 1.165) is 38.6 Å². The van der Waals surface area contributed by atoms with E-state index < -0.39 is 0 Å². The molecule has 0 saturated carbocycles. The minimum Gasteiger partial charge on any atom is -0.356 e. The summed E-state index contributed by atoms with van der Waals surface area (Å²) in [5.41, 5.74) is 0.